The minimum absolute atomic E-state index is 0.0448. The molecule has 1 aromatic rings. The van der Waals surface area contributed by atoms with Crippen molar-refractivity contribution in [3.8, 4) is 0 Å². The Morgan fingerprint density at radius 1 is 0.879 bits per heavy atom. The van der Waals surface area contributed by atoms with Crippen LogP contribution in [0, 0.1) is 57.2 Å². The fourth-order valence-corrected chi connectivity index (χ4v) is 16.8. The highest BCUT2D eigenvalue weighted by Gasteiger charge is 2.70. The predicted molar refractivity (Wildman–Crippen MR) is 237 cm³/mol. The minimum Gasteiger partial charge on any atom is -0.461 e. The Hall–Kier alpha value is -2.22. The van der Waals surface area contributed by atoms with Gasteiger partial charge in [0.2, 0.25) is 0 Å². The molecule has 0 unspecified atom stereocenters. The van der Waals surface area contributed by atoms with E-state index in [1.165, 1.54) is 75.2 Å². The number of carbonyl (C=O) groups is 1. The van der Waals surface area contributed by atoms with Gasteiger partial charge in [-0.2, -0.15) is 0 Å². The van der Waals surface area contributed by atoms with E-state index in [0.717, 1.165) is 63.8 Å². The number of carbonyl (C=O) groups excluding carboxylic acids is 1. The molecule has 0 bridgehead atoms. The molecule has 1 N–H and O–H groups in total. The third kappa shape index (κ3) is 7.15. The molecule has 0 aromatic heterocycles. The zero-order valence-corrected chi connectivity index (χ0v) is 38.0. The number of nitrogens with one attached hydrogen (secondary N) is 1. The maximum Gasteiger partial charge on any atom is 0.309 e. The normalized spacial score (nSPS) is 40.3. The van der Waals surface area contributed by atoms with E-state index in [1.54, 1.807) is 5.57 Å². The number of rotatable bonds is 10. The third-order valence-corrected chi connectivity index (χ3v) is 20.7. The quantitative estimate of drug-likeness (QED) is 0.187. The maximum atomic E-state index is 13.1. The molecule has 6 aliphatic carbocycles. The summed E-state index contributed by atoms with van der Waals surface area (Å²) >= 11 is 0. The van der Waals surface area contributed by atoms with Crippen molar-refractivity contribution < 1.29 is 17.9 Å². The van der Waals surface area contributed by atoms with Gasteiger partial charge in [-0.3, -0.25) is 4.79 Å². The number of ether oxygens (including phenoxy) is 1. The zero-order valence-electron chi connectivity index (χ0n) is 37.2. The number of hydrogen-bond donors (Lipinski definition) is 1. The average molecular weight is 813 g/mol. The van der Waals surface area contributed by atoms with Crippen LogP contribution in [0.5, 0.6) is 0 Å². The first-order valence-electron chi connectivity index (χ1n) is 23.4. The van der Waals surface area contributed by atoms with Crippen molar-refractivity contribution in [1.82, 2.24) is 10.2 Å². The fourth-order valence-electron chi connectivity index (χ4n) is 15.8. The van der Waals surface area contributed by atoms with Gasteiger partial charge in [-0.15, -0.1) is 0 Å². The van der Waals surface area contributed by atoms with E-state index >= 15 is 0 Å². The van der Waals surface area contributed by atoms with Crippen molar-refractivity contribution in [3.05, 3.63) is 71.3 Å². The lowest BCUT2D eigenvalue weighted by Crippen LogP contribution is -2.68. The smallest absolute Gasteiger partial charge is 0.309 e. The number of fused-ring (bicyclic) bond motifs is 7. The summed E-state index contributed by atoms with van der Waals surface area (Å²) in [5.41, 5.74) is 6.65. The molecule has 7 heteroatoms. The number of nitrogens with zero attached hydrogens (tertiary/aromatic N) is 1. The fraction of sp³-hybridized carbons (Fsp3) is 0.745. The van der Waals surface area contributed by atoms with Crippen LogP contribution in [0.15, 0.2) is 65.8 Å². The lowest BCUT2D eigenvalue weighted by molar-refractivity contribution is -0.221. The summed E-state index contributed by atoms with van der Waals surface area (Å²) < 4.78 is 30.1. The van der Waals surface area contributed by atoms with Gasteiger partial charge in [0, 0.05) is 24.9 Å². The van der Waals surface area contributed by atoms with Gasteiger partial charge in [-0.1, -0.05) is 89.3 Å². The Bertz CT molecular complexity index is 1890. The summed E-state index contributed by atoms with van der Waals surface area (Å²) in [7, 11) is -2.95. The second kappa shape index (κ2) is 15.6. The molecule has 7 aliphatic rings. The van der Waals surface area contributed by atoms with Crippen LogP contribution >= 0.6 is 0 Å². The lowest BCUT2D eigenvalue weighted by atomic mass is 9.33. The van der Waals surface area contributed by atoms with E-state index in [9.17, 15) is 13.2 Å². The molecule has 8 rings (SSSR count). The molecular weight excluding hydrogens is 737 g/mol. The van der Waals surface area contributed by atoms with Gasteiger partial charge in [0.15, 0.2) is 0 Å². The van der Waals surface area contributed by atoms with Crippen LogP contribution in [0.2, 0.25) is 0 Å². The molecule has 5 fully saturated rings. The predicted octanol–water partition coefficient (Wildman–Crippen LogP) is 10.5. The van der Waals surface area contributed by atoms with Crippen molar-refractivity contribution in [1.29, 1.82) is 0 Å². The third-order valence-electron chi connectivity index (χ3n) is 19.0. The first kappa shape index (κ1) is 42.5. The first-order chi connectivity index (χ1) is 27.4. The minimum atomic E-state index is -2.95. The van der Waals surface area contributed by atoms with Crippen molar-refractivity contribution in [3.63, 3.8) is 0 Å². The van der Waals surface area contributed by atoms with Crippen LogP contribution in [-0.2, 0) is 26.0 Å². The Morgan fingerprint density at radius 2 is 1.62 bits per heavy atom. The van der Waals surface area contributed by atoms with Crippen LogP contribution in [0.1, 0.15) is 137 Å². The van der Waals surface area contributed by atoms with Gasteiger partial charge in [-0.25, -0.2) is 8.42 Å². The average Bonchev–Trinajstić information content (AvgIpc) is 3.57. The van der Waals surface area contributed by atoms with Crippen LogP contribution in [0.4, 0.5) is 0 Å². The van der Waals surface area contributed by atoms with Crippen LogP contribution in [-0.4, -0.2) is 62.5 Å². The molecule has 1 heterocycles. The summed E-state index contributed by atoms with van der Waals surface area (Å²) in [6.07, 6.45) is 22.2. The molecule has 58 heavy (non-hydrogen) atoms. The molecule has 6 nitrogen and oxygen atoms in total. The molecule has 1 aliphatic heterocycles. The number of likely N-dealkylation sites (tertiary alicyclic amines) is 1. The Balaban J connectivity index is 0.966. The van der Waals surface area contributed by atoms with E-state index in [0.29, 0.717) is 47.0 Å². The van der Waals surface area contributed by atoms with Crippen LogP contribution in [0.25, 0.3) is 0 Å². The topological polar surface area (TPSA) is 75.7 Å². The molecular formula is C51H76N2O4S. The Morgan fingerprint density at radius 3 is 2.29 bits per heavy atom. The number of esters is 1. The van der Waals surface area contributed by atoms with E-state index in [2.05, 4.69) is 70.5 Å². The first-order valence-corrected chi connectivity index (χ1v) is 25.3. The molecule has 0 amide bonds. The highest BCUT2D eigenvalue weighted by molar-refractivity contribution is 7.91. The van der Waals surface area contributed by atoms with Crippen molar-refractivity contribution >= 4 is 15.8 Å². The number of sulfone groups is 1. The Kier molecular flexibility index (Phi) is 11.4. The van der Waals surface area contributed by atoms with Gasteiger partial charge < -0.3 is 15.0 Å². The Labute approximate surface area is 352 Å². The second-order valence-electron chi connectivity index (χ2n) is 22.0. The monoisotopic (exact) mass is 813 g/mol. The van der Waals surface area contributed by atoms with Gasteiger partial charge in [0.1, 0.15) is 16.4 Å². The van der Waals surface area contributed by atoms with Crippen molar-refractivity contribution in [2.24, 2.45) is 57.2 Å². The number of hydrogen-bond acceptors (Lipinski definition) is 6. The van der Waals surface area contributed by atoms with Crippen LogP contribution in [0.3, 0.4) is 0 Å². The van der Waals surface area contributed by atoms with E-state index < -0.39 is 9.84 Å². The molecule has 0 radical (unpaired) electrons. The SMILES string of the molecule is C=C(C)[C@@H]1CC[C@]2(NCCN3CCC(S(C)(=O)=O)CC3)CC[C@]3(C)[C@H](CC[C@@H]4[C@@]5(C)CC=C(C6=CC[C@@H](C(=O)OCc7ccccc7)CC6)C(C)(C)[C@@H]5CC[C@]43C)[C@@H]12. The molecule has 320 valence electrons. The summed E-state index contributed by atoms with van der Waals surface area (Å²) in [6, 6.07) is 10.0. The van der Waals surface area contributed by atoms with E-state index in [-0.39, 0.29) is 33.5 Å². The van der Waals surface area contributed by atoms with E-state index in [4.69, 9.17) is 4.74 Å². The van der Waals surface area contributed by atoms with Gasteiger partial charge in [0.25, 0.3) is 0 Å². The van der Waals surface area contributed by atoms with Gasteiger partial charge >= 0.3 is 5.97 Å². The van der Waals surface area contributed by atoms with Crippen molar-refractivity contribution in [2.45, 2.75) is 149 Å². The highest BCUT2D eigenvalue weighted by atomic mass is 32.2. The maximum absolute atomic E-state index is 13.1. The molecule has 4 saturated carbocycles. The molecule has 0 spiro atoms. The summed E-state index contributed by atoms with van der Waals surface area (Å²) in [5.74, 6) is 3.18. The summed E-state index contributed by atoms with van der Waals surface area (Å²) in [6.45, 7) is 24.4. The number of piperidine rings is 1. The number of allylic oxidation sites excluding steroid dienone is 5. The van der Waals surface area contributed by atoms with Crippen molar-refractivity contribution in [2.75, 3.05) is 32.4 Å². The molecule has 1 aromatic carbocycles. The molecule has 10 atom stereocenters. The summed E-state index contributed by atoms with van der Waals surface area (Å²) in [5, 5.41) is 4.12. The second-order valence-corrected chi connectivity index (χ2v) is 24.3. The highest BCUT2D eigenvalue weighted by Crippen LogP contribution is 2.76. The molecule has 1 saturated heterocycles. The van der Waals surface area contributed by atoms with Gasteiger partial charge in [0.05, 0.1) is 11.2 Å². The van der Waals surface area contributed by atoms with E-state index in [1.807, 2.05) is 30.3 Å². The lowest BCUT2D eigenvalue weighted by Gasteiger charge is -2.72. The van der Waals surface area contributed by atoms with Crippen LogP contribution < -0.4 is 5.32 Å². The largest absolute Gasteiger partial charge is 0.461 e. The zero-order chi connectivity index (χ0) is 41.3. The number of benzene rings is 1. The standard InChI is InChI=1S/C51H76N2O4S/c1-35(2)40-20-27-51(52-30-33-53-31-23-39(24-32-53)58(8,55)56)29-28-49(6)42(45(40)51)18-19-44-48(5)25-21-41(47(3,4)43(48)22-26-50(44,49)7)37-14-16-38(17-15-37)46(54)57-34-36-12-10-9-11-13-36/h9-14,21,38-40,42-45,52H,1,15-20,22-34H2,2-8H3/t38-,40+,42-,43+,44-,45-,48+,49-,50-,51+/m1/s1. The summed E-state index contributed by atoms with van der Waals surface area (Å²) in [4.78, 5) is 15.6. The van der Waals surface area contributed by atoms with Gasteiger partial charge in [-0.05, 0) is 178 Å².